The summed E-state index contributed by atoms with van der Waals surface area (Å²) in [7, 11) is 3.42. The molecule has 2 amide bonds. The van der Waals surface area contributed by atoms with Crippen molar-refractivity contribution in [3.05, 3.63) is 74.7 Å². The molecule has 1 fully saturated rings. The Labute approximate surface area is 200 Å². The first-order chi connectivity index (χ1) is 15.8. The first kappa shape index (κ1) is 23.1. The number of amides is 2. The molecule has 33 heavy (non-hydrogen) atoms. The van der Waals surface area contributed by atoms with Gasteiger partial charge in [-0.1, -0.05) is 35.3 Å². The number of halogens is 3. The number of hydrogen-bond donors (Lipinski definition) is 0. The van der Waals surface area contributed by atoms with Crippen molar-refractivity contribution >= 4 is 35.1 Å². The molecule has 2 heterocycles. The van der Waals surface area contributed by atoms with Crippen molar-refractivity contribution < 1.29 is 9.18 Å². The molecule has 0 N–H and O–H groups in total. The van der Waals surface area contributed by atoms with Crippen LogP contribution in [0.4, 0.5) is 15.0 Å². The van der Waals surface area contributed by atoms with Crippen LogP contribution in [-0.4, -0.2) is 65.7 Å². The van der Waals surface area contributed by atoms with Crippen molar-refractivity contribution in [1.29, 1.82) is 0 Å². The summed E-state index contributed by atoms with van der Waals surface area (Å²) in [6, 6.07) is 12.4. The number of nitrogens with zero attached hydrogens (tertiary/aromatic N) is 5. The van der Waals surface area contributed by atoms with Gasteiger partial charge < -0.3 is 14.7 Å². The SMILES string of the molecule is CN(C)C(=O)N1CCN(c2cc(=O)n(-c3ccc(Cl)cc3F)c(-c3ccccc3Cl)n2)CC1. The Hall–Kier alpha value is -3.10. The van der Waals surface area contributed by atoms with Crippen LogP contribution in [0, 0.1) is 5.82 Å². The summed E-state index contributed by atoms with van der Waals surface area (Å²) >= 11 is 12.3. The van der Waals surface area contributed by atoms with E-state index in [0.717, 1.165) is 6.07 Å². The highest BCUT2D eigenvalue weighted by Crippen LogP contribution is 2.30. The van der Waals surface area contributed by atoms with Gasteiger partial charge in [0.2, 0.25) is 0 Å². The predicted molar refractivity (Wildman–Crippen MR) is 128 cm³/mol. The van der Waals surface area contributed by atoms with Crippen LogP contribution >= 0.6 is 23.2 Å². The minimum absolute atomic E-state index is 0.0276. The number of rotatable bonds is 3. The van der Waals surface area contributed by atoms with Gasteiger partial charge in [0.1, 0.15) is 11.6 Å². The van der Waals surface area contributed by atoms with Gasteiger partial charge in [-0.05, 0) is 30.3 Å². The van der Waals surface area contributed by atoms with Crippen LogP contribution in [0.5, 0.6) is 0 Å². The maximum absolute atomic E-state index is 14.8. The number of benzene rings is 2. The first-order valence-electron chi connectivity index (χ1n) is 10.3. The molecule has 1 aliphatic rings. The molecule has 0 aliphatic carbocycles. The lowest BCUT2D eigenvalue weighted by atomic mass is 10.2. The topological polar surface area (TPSA) is 61.7 Å². The maximum Gasteiger partial charge on any atom is 0.319 e. The van der Waals surface area contributed by atoms with Crippen molar-refractivity contribution in [1.82, 2.24) is 19.4 Å². The average molecular weight is 490 g/mol. The Morgan fingerprint density at radius 3 is 2.36 bits per heavy atom. The minimum Gasteiger partial charge on any atom is -0.353 e. The molecule has 172 valence electrons. The Kier molecular flexibility index (Phi) is 6.58. The van der Waals surface area contributed by atoms with Crippen molar-refractivity contribution in [2.24, 2.45) is 0 Å². The molecule has 7 nitrogen and oxygen atoms in total. The summed E-state index contributed by atoms with van der Waals surface area (Å²) < 4.78 is 16.0. The van der Waals surface area contributed by atoms with Gasteiger partial charge in [-0.3, -0.25) is 9.36 Å². The highest BCUT2D eigenvalue weighted by molar-refractivity contribution is 6.33. The van der Waals surface area contributed by atoms with Crippen LogP contribution in [0.1, 0.15) is 0 Å². The third-order valence-corrected chi connectivity index (χ3v) is 5.99. The zero-order valence-corrected chi connectivity index (χ0v) is 19.6. The number of aromatic nitrogens is 2. The number of hydrogen-bond acceptors (Lipinski definition) is 4. The molecule has 0 radical (unpaired) electrons. The Morgan fingerprint density at radius 1 is 1.03 bits per heavy atom. The van der Waals surface area contributed by atoms with Crippen LogP contribution in [-0.2, 0) is 0 Å². The third kappa shape index (κ3) is 4.67. The van der Waals surface area contributed by atoms with E-state index in [1.807, 2.05) is 4.90 Å². The molecule has 4 rings (SSSR count). The molecule has 2 aromatic carbocycles. The zero-order chi connectivity index (χ0) is 23.7. The van der Waals surface area contributed by atoms with Crippen LogP contribution < -0.4 is 10.5 Å². The maximum atomic E-state index is 14.8. The molecule has 1 saturated heterocycles. The first-order valence-corrected chi connectivity index (χ1v) is 11.1. The van der Waals surface area contributed by atoms with Crippen molar-refractivity contribution in [3.63, 3.8) is 0 Å². The summed E-state index contributed by atoms with van der Waals surface area (Å²) in [5, 5.41) is 0.601. The van der Waals surface area contributed by atoms with Crippen molar-refractivity contribution in [3.8, 4) is 17.1 Å². The summed E-state index contributed by atoms with van der Waals surface area (Å²) in [4.78, 5) is 35.4. The van der Waals surface area contributed by atoms with E-state index in [4.69, 9.17) is 28.2 Å². The molecule has 0 bridgehead atoms. The fourth-order valence-electron chi connectivity index (χ4n) is 3.76. The Morgan fingerprint density at radius 2 is 1.73 bits per heavy atom. The van der Waals surface area contributed by atoms with E-state index in [0.29, 0.717) is 42.6 Å². The second-order valence-corrected chi connectivity index (χ2v) is 8.68. The fourth-order valence-corrected chi connectivity index (χ4v) is 4.14. The molecular weight excluding hydrogens is 468 g/mol. The summed E-state index contributed by atoms with van der Waals surface area (Å²) in [6.07, 6.45) is 0. The lowest BCUT2D eigenvalue weighted by Crippen LogP contribution is -2.52. The summed E-state index contributed by atoms with van der Waals surface area (Å²) in [5.74, 6) is 0.0110. The Balaban J connectivity index is 1.79. The van der Waals surface area contributed by atoms with Gasteiger partial charge in [0.05, 0.1) is 10.7 Å². The molecule has 3 aromatic rings. The molecule has 1 aliphatic heterocycles. The molecule has 0 atom stereocenters. The highest BCUT2D eigenvalue weighted by Gasteiger charge is 2.25. The quantitative estimate of drug-likeness (QED) is 0.554. The molecule has 0 saturated carbocycles. The van der Waals surface area contributed by atoms with E-state index in [-0.39, 0.29) is 22.6 Å². The average Bonchev–Trinajstić information content (AvgIpc) is 2.79. The third-order valence-electron chi connectivity index (χ3n) is 5.43. The van der Waals surface area contributed by atoms with Gasteiger partial charge in [-0.25, -0.2) is 14.2 Å². The van der Waals surface area contributed by atoms with Crippen molar-refractivity contribution in [2.45, 2.75) is 0 Å². The summed E-state index contributed by atoms with van der Waals surface area (Å²) in [6.45, 7) is 2.00. The van der Waals surface area contributed by atoms with Crippen LogP contribution in [0.25, 0.3) is 17.1 Å². The van der Waals surface area contributed by atoms with Crippen LogP contribution in [0.3, 0.4) is 0 Å². The molecule has 0 unspecified atom stereocenters. The van der Waals surface area contributed by atoms with E-state index < -0.39 is 11.4 Å². The van der Waals surface area contributed by atoms with E-state index in [2.05, 4.69) is 0 Å². The standard InChI is InChI=1S/C23H22Cl2FN5O2/c1-28(2)23(33)30-11-9-29(10-12-30)20-14-21(32)31(19-8-7-15(24)13-18(19)26)22(27-20)16-5-3-4-6-17(16)25/h3-8,13-14H,9-12H2,1-2H3. The molecule has 10 heteroatoms. The van der Waals surface area contributed by atoms with Gasteiger partial charge in [-0.2, -0.15) is 0 Å². The number of carbonyl (C=O) groups is 1. The van der Waals surface area contributed by atoms with Crippen LogP contribution in [0.2, 0.25) is 10.0 Å². The Bertz CT molecular complexity index is 1260. The van der Waals surface area contributed by atoms with Gasteiger partial charge in [0, 0.05) is 56.9 Å². The molecule has 0 spiro atoms. The van der Waals surface area contributed by atoms with E-state index in [9.17, 15) is 14.0 Å². The molecule has 1 aromatic heterocycles. The van der Waals surface area contributed by atoms with Gasteiger partial charge in [0.15, 0.2) is 5.82 Å². The lowest BCUT2D eigenvalue weighted by molar-refractivity contribution is 0.168. The van der Waals surface area contributed by atoms with Gasteiger partial charge in [0.25, 0.3) is 5.56 Å². The zero-order valence-electron chi connectivity index (χ0n) is 18.1. The largest absolute Gasteiger partial charge is 0.353 e. The van der Waals surface area contributed by atoms with E-state index >= 15 is 0 Å². The van der Waals surface area contributed by atoms with Crippen molar-refractivity contribution in [2.75, 3.05) is 45.2 Å². The lowest BCUT2D eigenvalue weighted by Gasteiger charge is -2.36. The second kappa shape index (κ2) is 9.41. The minimum atomic E-state index is -0.650. The van der Waals surface area contributed by atoms with Crippen LogP contribution in [0.15, 0.2) is 53.3 Å². The predicted octanol–water partition coefficient (Wildman–Crippen LogP) is 4.15. The second-order valence-electron chi connectivity index (χ2n) is 7.84. The van der Waals surface area contributed by atoms with E-state index in [1.165, 1.54) is 27.7 Å². The number of carbonyl (C=O) groups excluding carboxylic acids is 1. The van der Waals surface area contributed by atoms with Gasteiger partial charge >= 0.3 is 6.03 Å². The van der Waals surface area contributed by atoms with E-state index in [1.54, 1.807) is 43.3 Å². The fraction of sp³-hybridized carbons (Fsp3) is 0.261. The number of piperazine rings is 1. The summed E-state index contributed by atoms with van der Waals surface area (Å²) in [5.41, 5.74) is 0.0663. The molecular formula is C23H22Cl2FN5O2. The normalized spacial score (nSPS) is 13.8. The number of urea groups is 1. The monoisotopic (exact) mass is 489 g/mol. The smallest absolute Gasteiger partial charge is 0.319 e. The number of anilines is 1. The van der Waals surface area contributed by atoms with Gasteiger partial charge in [-0.15, -0.1) is 0 Å². The highest BCUT2D eigenvalue weighted by atomic mass is 35.5.